The number of piperidine rings is 4. The van der Waals surface area contributed by atoms with E-state index in [1.165, 1.54) is 45.4 Å². The normalized spacial score (nSPS) is 47.5. The lowest BCUT2D eigenvalue weighted by Crippen LogP contribution is -2.63. The molecule has 0 aromatic heterocycles. The van der Waals surface area contributed by atoms with Crippen molar-refractivity contribution in [1.82, 2.24) is 15.1 Å². The third-order valence-corrected chi connectivity index (χ3v) is 6.13. The van der Waals surface area contributed by atoms with Crippen LogP contribution in [0.25, 0.3) is 0 Å². The zero-order valence-electron chi connectivity index (χ0n) is 12.9. The highest BCUT2D eigenvalue weighted by Crippen LogP contribution is 2.35. The van der Waals surface area contributed by atoms with Gasteiger partial charge in [0.25, 0.3) is 0 Å². The van der Waals surface area contributed by atoms with Crippen LogP contribution in [-0.2, 0) is 0 Å². The van der Waals surface area contributed by atoms with Gasteiger partial charge in [-0.3, -0.25) is 4.90 Å². The first-order valence-electron chi connectivity index (χ1n) is 8.42. The van der Waals surface area contributed by atoms with Crippen molar-refractivity contribution in [3.8, 4) is 0 Å². The molecule has 0 spiro atoms. The van der Waals surface area contributed by atoms with Crippen molar-refractivity contribution in [3.05, 3.63) is 0 Å². The Bertz CT molecular complexity index is 298. The second-order valence-corrected chi connectivity index (χ2v) is 7.00. The molecular weight excluding hydrogens is 234 g/mol. The van der Waals surface area contributed by atoms with E-state index < -0.39 is 0 Å². The highest BCUT2D eigenvalue weighted by molar-refractivity contribution is 4.98. The fourth-order valence-corrected chi connectivity index (χ4v) is 4.72. The Balaban J connectivity index is 1.66. The molecule has 3 nitrogen and oxygen atoms in total. The minimum absolute atomic E-state index is 0.734. The van der Waals surface area contributed by atoms with E-state index in [2.05, 4.69) is 35.9 Å². The third-order valence-electron chi connectivity index (χ3n) is 6.13. The molecule has 4 rings (SSSR count). The first kappa shape index (κ1) is 13.8. The fourth-order valence-electron chi connectivity index (χ4n) is 4.72. The molecule has 4 unspecified atom stereocenters. The molecule has 1 N–H and O–H groups in total. The topological polar surface area (TPSA) is 18.5 Å². The summed E-state index contributed by atoms with van der Waals surface area (Å²) in [7, 11) is 0. The number of hydrogen-bond donors (Lipinski definition) is 1. The maximum Gasteiger partial charge on any atom is 0.0255 e. The molecule has 4 atom stereocenters. The van der Waals surface area contributed by atoms with Gasteiger partial charge in [-0.05, 0) is 57.7 Å². The molecule has 0 aromatic rings. The van der Waals surface area contributed by atoms with Gasteiger partial charge in [-0.1, -0.05) is 13.8 Å². The van der Waals surface area contributed by atoms with Crippen molar-refractivity contribution in [2.45, 2.75) is 58.2 Å². The summed E-state index contributed by atoms with van der Waals surface area (Å²) < 4.78 is 0. The summed E-state index contributed by atoms with van der Waals surface area (Å²) in [5.74, 6) is 1.76. The van der Waals surface area contributed by atoms with E-state index in [4.69, 9.17) is 0 Å². The SMILES string of the molecule is CCNC1CCN(C2CN3CCC2CC3)C(C)C1C. The maximum absolute atomic E-state index is 3.69. The van der Waals surface area contributed by atoms with Gasteiger partial charge in [-0.15, -0.1) is 0 Å². The summed E-state index contributed by atoms with van der Waals surface area (Å²) in [5.41, 5.74) is 0. The summed E-state index contributed by atoms with van der Waals surface area (Å²) in [5, 5.41) is 3.69. The molecule has 4 aliphatic heterocycles. The van der Waals surface area contributed by atoms with E-state index in [-0.39, 0.29) is 0 Å². The molecule has 0 amide bonds. The van der Waals surface area contributed by atoms with Crippen LogP contribution in [0.1, 0.15) is 40.0 Å². The van der Waals surface area contributed by atoms with Gasteiger partial charge in [0.15, 0.2) is 0 Å². The first-order valence-corrected chi connectivity index (χ1v) is 8.42. The molecule has 0 aromatic carbocycles. The average molecular weight is 265 g/mol. The van der Waals surface area contributed by atoms with Gasteiger partial charge in [-0.25, -0.2) is 0 Å². The highest BCUT2D eigenvalue weighted by Gasteiger charge is 2.42. The second kappa shape index (κ2) is 5.71. The zero-order chi connectivity index (χ0) is 13.4. The lowest BCUT2D eigenvalue weighted by Gasteiger charge is -2.54. The fraction of sp³-hybridized carbons (Fsp3) is 1.00. The molecule has 0 saturated carbocycles. The summed E-state index contributed by atoms with van der Waals surface area (Å²) in [6.07, 6.45) is 4.22. The Morgan fingerprint density at radius 2 is 1.79 bits per heavy atom. The molecule has 0 radical (unpaired) electrons. The van der Waals surface area contributed by atoms with Gasteiger partial charge < -0.3 is 10.2 Å². The predicted molar refractivity (Wildman–Crippen MR) is 80.4 cm³/mol. The number of nitrogens with one attached hydrogen (secondary N) is 1. The summed E-state index contributed by atoms with van der Waals surface area (Å²) in [6.45, 7) is 13.6. The van der Waals surface area contributed by atoms with E-state index in [1.54, 1.807) is 0 Å². The van der Waals surface area contributed by atoms with Crippen molar-refractivity contribution in [2.24, 2.45) is 11.8 Å². The van der Waals surface area contributed by atoms with Crippen LogP contribution in [0.5, 0.6) is 0 Å². The van der Waals surface area contributed by atoms with E-state index in [0.717, 1.165) is 36.5 Å². The van der Waals surface area contributed by atoms with Gasteiger partial charge in [0.2, 0.25) is 0 Å². The number of nitrogens with zero attached hydrogens (tertiary/aromatic N) is 2. The summed E-state index contributed by atoms with van der Waals surface area (Å²) >= 11 is 0. The Hall–Kier alpha value is -0.120. The molecule has 4 saturated heterocycles. The molecule has 4 heterocycles. The van der Waals surface area contributed by atoms with E-state index in [9.17, 15) is 0 Å². The number of hydrogen-bond acceptors (Lipinski definition) is 3. The van der Waals surface area contributed by atoms with Gasteiger partial charge in [0.05, 0.1) is 0 Å². The minimum atomic E-state index is 0.734. The largest absolute Gasteiger partial charge is 0.314 e. The van der Waals surface area contributed by atoms with Crippen LogP contribution in [0, 0.1) is 11.8 Å². The smallest absolute Gasteiger partial charge is 0.0255 e. The third kappa shape index (κ3) is 2.57. The first-order chi connectivity index (χ1) is 9.20. The molecule has 19 heavy (non-hydrogen) atoms. The Labute approximate surface area is 118 Å². The predicted octanol–water partition coefficient (Wildman–Crippen LogP) is 1.79. The van der Waals surface area contributed by atoms with Crippen LogP contribution in [0.4, 0.5) is 0 Å². The van der Waals surface area contributed by atoms with Crippen molar-refractivity contribution < 1.29 is 0 Å². The second-order valence-electron chi connectivity index (χ2n) is 7.00. The van der Waals surface area contributed by atoms with Crippen LogP contribution < -0.4 is 5.32 Å². The van der Waals surface area contributed by atoms with Gasteiger partial charge in [0.1, 0.15) is 0 Å². The van der Waals surface area contributed by atoms with Crippen LogP contribution in [-0.4, -0.2) is 60.6 Å². The van der Waals surface area contributed by atoms with Crippen LogP contribution in [0.15, 0.2) is 0 Å². The van der Waals surface area contributed by atoms with E-state index >= 15 is 0 Å². The lowest BCUT2D eigenvalue weighted by atomic mass is 9.79. The monoisotopic (exact) mass is 265 g/mol. The Morgan fingerprint density at radius 1 is 1.05 bits per heavy atom. The molecule has 4 fully saturated rings. The van der Waals surface area contributed by atoms with Crippen LogP contribution >= 0.6 is 0 Å². The molecule has 4 aliphatic rings. The molecular formula is C16H31N3. The minimum Gasteiger partial charge on any atom is -0.314 e. The lowest BCUT2D eigenvalue weighted by molar-refractivity contribution is -0.0420. The zero-order valence-corrected chi connectivity index (χ0v) is 12.9. The molecule has 0 aliphatic carbocycles. The van der Waals surface area contributed by atoms with Gasteiger partial charge in [-0.2, -0.15) is 0 Å². The van der Waals surface area contributed by atoms with E-state index in [0.29, 0.717) is 0 Å². The molecule has 2 bridgehead atoms. The Morgan fingerprint density at radius 3 is 2.37 bits per heavy atom. The number of likely N-dealkylation sites (tertiary alicyclic amines) is 1. The highest BCUT2D eigenvalue weighted by atomic mass is 15.3. The quantitative estimate of drug-likeness (QED) is 0.839. The molecule has 110 valence electrons. The van der Waals surface area contributed by atoms with Gasteiger partial charge >= 0.3 is 0 Å². The van der Waals surface area contributed by atoms with Gasteiger partial charge in [0, 0.05) is 31.2 Å². The van der Waals surface area contributed by atoms with Crippen molar-refractivity contribution in [3.63, 3.8) is 0 Å². The maximum atomic E-state index is 3.69. The summed E-state index contributed by atoms with van der Waals surface area (Å²) in [4.78, 5) is 5.55. The van der Waals surface area contributed by atoms with Crippen molar-refractivity contribution >= 4 is 0 Å². The summed E-state index contributed by atoms with van der Waals surface area (Å²) in [6, 6.07) is 2.32. The Kier molecular flexibility index (Phi) is 4.16. The van der Waals surface area contributed by atoms with Crippen molar-refractivity contribution in [2.75, 3.05) is 32.7 Å². The average Bonchev–Trinajstić information content (AvgIpc) is 2.45. The number of fused-ring (bicyclic) bond motifs is 3. The van der Waals surface area contributed by atoms with Crippen LogP contribution in [0.3, 0.4) is 0 Å². The van der Waals surface area contributed by atoms with Crippen LogP contribution in [0.2, 0.25) is 0 Å². The number of rotatable bonds is 3. The molecule has 3 heteroatoms. The van der Waals surface area contributed by atoms with Crippen molar-refractivity contribution in [1.29, 1.82) is 0 Å². The van der Waals surface area contributed by atoms with E-state index in [1.807, 2.05) is 0 Å². The standard InChI is InChI=1S/C16H31N3/c1-4-17-15-7-10-19(13(3)12(15)2)16-11-18-8-5-14(16)6-9-18/h12-17H,4-11H2,1-3H3.